The Labute approximate surface area is 188 Å². The second kappa shape index (κ2) is 8.05. The fourth-order valence-corrected chi connectivity index (χ4v) is 4.34. The van der Waals surface area contributed by atoms with Gasteiger partial charge in [0.25, 0.3) is 5.91 Å². The SMILES string of the molecule is CN1C[C@H](c2ccon2)Cn2nc3c(c2C1=O)CN(C(=O)Nc1ccc(F)c(C#N)c1)CC3. The van der Waals surface area contributed by atoms with Crippen molar-refractivity contribution in [3.05, 3.63) is 64.6 Å². The van der Waals surface area contributed by atoms with E-state index in [1.165, 1.54) is 18.4 Å². The van der Waals surface area contributed by atoms with Crippen LogP contribution in [0.3, 0.4) is 0 Å². The number of carbonyl (C=O) groups excluding carboxylic acids is 2. The van der Waals surface area contributed by atoms with Crippen LogP contribution in [0.4, 0.5) is 14.9 Å². The van der Waals surface area contributed by atoms with Gasteiger partial charge in [-0.05, 0) is 18.2 Å². The van der Waals surface area contributed by atoms with Gasteiger partial charge in [-0.15, -0.1) is 0 Å². The molecule has 3 amide bonds. The third kappa shape index (κ3) is 3.69. The van der Waals surface area contributed by atoms with Gasteiger partial charge in [0.05, 0.1) is 30.0 Å². The van der Waals surface area contributed by atoms with E-state index < -0.39 is 11.8 Å². The zero-order chi connectivity index (χ0) is 23.1. The highest BCUT2D eigenvalue weighted by molar-refractivity contribution is 5.95. The van der Waals surface area contributed by atoms with Crippen LogP contribution in [-0.4, -0.2) is 56.8 Å². The maximum Gasteiger partial charge on any atom is 0.322 e. The van der Waals surface area contributed by atoms with Crippen molar-refractivity contribution in [1.29, 1.82) is 5.26 Å². The fraction of sp³-hybridized carbons (Fsp3) is 0.318. The molecule has 2 aliphatic heterocycles. The Morgan fingerprint density at radius 1 is 1.33 bits per heavy atom. The number of rotatable bonds is 2. The van der Waals surface area contributed by atoms with E-state index in [9.17, 15) is 14.0 Å². The number of fused-ring (bicyclic) bond motifs is 3. The van der Waals surface area contributed by atoms with Crippen LogP contribution in [0.15, 0.2) is 35.1 Å². The summed E-state index contributed by atoms with van der Waals surface area (Å²) in [5.41, 5.74) is 2.93. The predicted molar refractivity (Wildman–Crippen MR) is 113 cm³/mol. The molecular formula is C22H20FN7O3. The van der Waals surface area contributed by atoms with Crippen molar-refractivity contribution in [3.63, 3.8) is 0 Å². The highest BCUT2D eigenvalue weighted by atomic mass is 19.1. The molecule has 2 aliphatic rings. The van der Waals surface area contributed by atoms with E-state index in [1.54, 1.807) is 33.7 Å². The minimum absolute atomic E-state index is 0.0625. The Bertz CT molecular complexity index is 1280. The molecule has 0 saturated heterocycles. The summed E-state index contributed by atoms with van der Waals surface area (Å²) in [6, 6.07) is 6.98. The van der Waals surface area contributed by atoms with E-state index in [0.717, 1.165) is 23.0 Å². The van der Waals surface area contributed by atoms with Gasteiger partial charge in [0.1, 0.15) is 23.8 Å². The normalized spacial score (nSPS) is 17.7. The number of hydrogen-bond acceptors (Lipinski definition) is 6. The van der Waals surface area contributed by atoms with Crippen LogP contribution in [-0.2, 0) is 19.5 Å². The molecule has 168 valence electrons. The highest BCUT2D eigenvalue weighted by Crippen LogP contribution is 2.29. The number of urea groups is 1. The minimum Gasteiger partial charge on any atom is -0.364 e. The fourth-order valence-electron chi connectivity index (χ4n) is 4.34. The van der Waals surface area contributed by atoms with E-state index >= 15 is 0 Å². The van der Waals surface area contributed by atoms with Crippen molar-refractivity contribution < 1.29 is 18.5 Å². The second-order valence-corrected chi connectivity index (χ2v) is 8.17. The van der Waals surface area contributed by atoms with Crippen LogP contribution in [0, 0.1) is 17.1 Å². The second-order valence-electron chi connectivity index (χ2n) is 8.17. The molecule has 0 unspecified atom stereocenters. The Kier molecular flexibility index (Phi) is 5.05. The summed E-state index contributed by atoms with van der Waals surface area (Å²) in [7, 11) is 1.74. The van der Waals surface area contributed by atoms with Crippen molar-refractivity contribution in [1.82, 2.24) is 24.7 Å². The molecule has 1 atom stereocenters. The van der Waals surface area contributed by atoms with Gasteiger partial charge in [-0.1, -0.05) is 5.16 Å². The summed E-state index contributed by atoms with van der Waals surface area (Å²) in [5, 5.41) is 20.4. The van der Waals surface area contributed by atoms with E-state index in [0.29, 0.717) is 37.4 Å². The number of nitrogens with zero attached hydrogens (tertiary/aromatic N) is 6. The van der Waals surface area contributed by atoms with Gasteiger partial charge in [-0.2, -0.15) is 10.4 Å². The maximum atomic E-state index is 13.6. The molecular weight excluding hydrogens is 429 g/mol. The lowest BCUT2D eigenvalue weighted by Gasteiger charge is -2.27. The number of anilines is 1. The number of nitrogens with one attached hydrogen (secondary N) is 1. The molecule has 1 aromatic carbocycles. The summed E-state index contributed by atoms with van der Waals surface area (Å²) < 4.78 is 20.3. The highest BCUT2D eigenvalue weighted by Gasteiger charge is 2.35. The first-order chi connectivity index (χ1) is 15.9. The maximum absolute atomic E-state index is 13.6. The minimum atomic E-state index is -0.646. The van der Waals surface area contributed by atoms with Crippen LogP contribution in [0.1, 0.15) is 38.9 Å². The third-order valence-corrected chi connectivity index (χ3v) is 6.04. The van der Waals surface area contributed by atoms with E-state index in [4.69, 9.17) is 9.78 Å². The largest absolute Gasteiger partial charge is 0.364 e. The molecule has 0 saturated carbocycles. The zero-order valence-electron chi connectivity index (χ0n) is 17.8. The van der Waals surface area contributed by atoms with Gasteiger partial charge in [-0.25, -0.2) is 9.18 Å². The summed E-state index contributed by atoms with van der Waals surface area (Å²) in [6.07, 6.45) is 2.01. The van der Waals surface area contributed by atoms with Gasteiger partial charge < -0.3 is 19.6 Å². The summed E-state index contributed by atoms with van der Waals surface area (Å²) in [5.74, 6) is -0.867. The van der Waals surface area contributed by atoms with Crippen molar-refractivity contribution in [2.45, 2.75) is 25.4 Å². The molecule has 33 heavy (non-hydrogen) atoms. The molecule has 2 aromatic heterocycles. The summed E-state index contributed by atoms with van der Waals surface area (Å²) in [6.45, 7) is 1.58. The van der Waals surface area contributed by atoms with E-state index in [1.807, 2.05) is 0 Å². The monoisotopic (exact) mass is 449 g/mol. The quantitative estimate of drug-likeness (QED) is 0.641. The topological polar surface area (TPSA) is 120 Å². The number of aromatic nitrogens is 3. The van der Waals surface area contributed by atoms with E-state index in [2.05, 4.69) is 15.6 Å². The van der Waals surface area contributed by atoms with Crippen molar-refractivity contribution >= 4 is 17.6 Å². The van der Waals surface area contributed by atoms with Crippen LogP contribution >= 0.6 is 0 Å². The molecule has 3 aromatic rings. The van der Waals surface area contributed by atoms with Gasteiger partial charge in [0, 0.05) is 49.8 Å². The first-order valence-corrected chi connectivity index (χ1v) is 10.4. The van der Waals surface area contributed by atoms with Crippen molar-refractivity contribution in [2.24, 2.45) is 0 Å². The van der Waals surface area contributed by atoms with Gasteiger partial charge in [0.2, 0.25) is 0 Å². The molecule has 4 heterocycles. The number of benzene rings is 1. The lowest BCUT2D eigenvalue weighted by Crippen LogP contribution is -2.39. The number of halogens is 1. The van der Waals surface area contributed by atoms with Gasteiger partial charge >= 0.3 is 6.03 Å². The molecule has 11 heteroatoms. The molecule has 10 nitrogen and oxygen atoms in total. The Hall–Kier alpha value is -4.20. The molecule has 1 N–H and O–H groups in total. The smallest absolute Gasteiger partial charge is 0.322 e. The van der Waals surface area contributed by atoms with Gasteiger partial charge in [0.15, 0.2) is 0 Å². The molecule has 5 rings (SSSR count). The van der Waals surface area contributed by atoms with Crippen LogP contribution in [0.2, 0.25) is 0 Å². The van der Waals surface area contributed by atoms with Crippen molar-refractivity contribution in [3.8, 4) is 6.07 Å². The average Bonchev–Trinajstić information content (AvgIpc) is 3.44. The average molecular weight is 449 g/mol. The predicted octanol–water partition coefficient (Wildman–Crippen LogP) is 2.34. The lowest BCUT2D eigenvalue weighted by atomic mass is 10.0. The number of nitriles is 1. The first-order valence-electron chi connectivity index (χ1n) is 10.4. The molecule has 0 aliphatic carbocycles. The molecule has 0 spiro atoms. The van der Waals surface area contributed by atoms with Gasteiger partial charge in [-0.3, -0.25) is 9.48 Å². The number of hydrogen-bond donors (Lipinski definition) is 1. The van der Waals surface area contributed by atoms with Crippen LogP contribution in [0.25, 0.3) is 0 Å². The zero-order valence-corrected chi connectivity index (χ0v) is 17.8. The Morgan fingerprint density at radius 2 is 2.18 bits per heavy atom. The number of amides is 3. The Balaban J connectivity index is 1.39. The lowest BCUT2D eigenvalue weighted by molar-refractivity contribution is 0.0788. The molecule has 0 bridgehead atoms. The van der Waals surface area contributed by atoms with Crippen LogP contribution < -0.4 is 5.32 Å². The van der Waals surface area contributed by atoms with E-state index in [-0.39, 0.29) is 23.9 Å². The molecule has 0 radical (unpaired) electrons. The molecule has 0 fully saturated rings. The number of likely N-dealkylation sites (N-methyl/N-ethyl adjacent to an activating group) is 1. The van der Waals surface area contributed by atoms with Crippen LogP contribution in [0.5, 0.6) is 0 Å². The van der Waals surface area contributed by atoms with Crippen molar-refractivity contribution in [2.75, 3.05) is 25.5 Å². The third-order valence-electron chi connectivity index (χ3n) is 6.04. The Morgan fingerprint density at radius 3 is 2.94 bits per heavy atom. The summed E-state index contributed by atoms with van der Waals surface area (Å²) in [4.78, 5) is 29.3. The first kappa shape index (κ1) is 20.7. The number of carbonyl (C=O) groups is 2. The summed E-state index contributed by atoms with van der Waals surface area (Å²) >= 11 is 0. The standard InChI is InChI=1S/C22H20FN7O3/c1-28-10-14(18-5-7-33-27-18)11-30-20(21(28)31)16-12-29(6-4-19(16)26-30)22(32)25-15-2-3-17(23)13(8-15)9-24/h2-3,5,7-8,14H,4,6,10-12H2,1H3,(H,25,32)/t14-/m0/s1.